The normalized spacial score (nSPS) is 10.5. The van der Waals surface area contributed by atoms with Gasteiger partial charge in [0.1, 0.15) is 10.8 Å². The van der Waals surface area contributed by atoms with Crippen molar-refractivity contribution in [1.29, 1.82) is 0 Å². The van der Waals surface area contributed by atoms with E-state index in [0.717, 1.165) is 23.6 Å². The second-order valence-electron chi connectivity index (χ2n) is 4.95. The Labute approximate surface area is 133 Å². The number of ether oxygens (including phenoxy) is 1. The third-order valence-corrected chi connectivity index (χ3v) is 4.08. The Morgan fingerprint density at radius 2 is 2.14 bits per heavy atom. The van der Waals surface area contributed by atoms with E-state index >= 15 is 0 Å². The molecular weight excluding hydrogens is 300 g/mol. The van der Waals surface area contributed by atoms with Gasteiger partial charge in [0.15, 0.2) is 0 Å². The molecule has 7 heteroatoms. The molecule has 1 aromatic carbocycles. The fourth-order valence-electron chi connectivity index (χ4n) is 1.79. The minimum atomic E-state index is -0.263. The molecule has 2 rings (SSSR count). The highest BCUT2D eigenvalue weighted by molar-refractivity contribution is 7.15. The standard InChI is InChI=1S/C15H20N4O2S/c1-10-5-6-12(8-11(10)2)21-7-3-4-14-18-19-15(22-14)17-13(20)9-16/h5-6,8H,3-4,7,9,16H2,1-2H3,(H,17,19,20). The maximum absolute atomic E-state index is 11.1. The van der Waals surface area contributed by atoms with E-state index in [1.54, 1.807) is 0 Å². The van der Waals surface area contributed by atoms with Crippen molar-refractivity contribution in [3.63, 3.8) is 0 Å². The van der Waals surface area contributed by atoms with E-state index in [-0.39, 0.29) is 12.5 Å². The predicted octanol–water partition coefficient (Wildman–Crippen LogP) is 2.06. The molecule has 0 bridgehead atoms. The number of nitrogens with zero attached hydrogens (tertiary/aromatic N) is 2. The van der Waals surface area contributed by atoms with E-state index in [4.69, 9.17) is 10.5 Å². The van der Waals surface area contributed by atoms with Gasteiger partial charge in [-0.3, -0.25) is 10.1 Å². The average molecular weight is 320 g/mol. The zero-order valence-corrected chi connectivity index (χ0v) is 13.6. The van der Waals surface area contributed by atoms with Gasteiger partial charge in [-0.05, 0) is 43.5 Å². The summed E-state index contributed by atoms with van der Waals surface area (Å²) in [7, 11) is 0. The van der Waals surface area contributed by atoms with Gasteiger partial charge in [-0.2, -0.15) is 0 Å². The number of hydrogen-bond donors (Lipinski definition) is 2. The van der Waals surface area contributed by atoms with Crippen LogP contribution in [-0.4, -0.2) is 29.3 Å². The molecule has 2 aromatic rings. The van der Waals surface area contributed by atoms with Gasteiger partial charge in [0.2, 0.25) is 11.0 Å². The highest BCUT2D eigenvalue weighted by atomic mass is 32.1. The second kappa shape index (κ2) is 7.86. The first-order valence-corrected chi connectivity index (χ1v) is 7.92. The summed E-state index contributed by atoms with van der Waals surface area (Å²) in [5.74, 6) is 0.622. The molecule has 1 heterocycles. The summed E-state index contributed by atoms with van der Waals surface area (Å²) in [6.45, 7) is 4.71. The Morgan fingerprint density at radius 1 is 1.32 bits per heavy atom. The van der Waals surface area contributed by atoms with Gasteiger partial charge in [0.05, 0.1) is 13.2 Å². The third-order valence-electron chi connectivity index (χ3n) is 3.18. The molecule has 1 aromatic heterocycles. The fourth-order valence-corrected chi connectivity index (χ4v) is 2.59. The molecule has 0 saturated carbocycles. The highest BCUT2D eigenvalue weighted by Gasteiger charge is 2.07. The maximum atomic E-state index is 11.1. The Morgan fingerprint density at radius 3 is 2.86 bits per heavy atom. The first kappa shape index (κ1) is 16.4. The lowest BCUT2D eigenvalue weighted by Gasteiger charge is -2.07. The highest BCUT2D eigenvalue weighted by Crippen LogP contribution is 2.18. The first-order chi connectivity index (χ1) is 10.6. The van der Waals surface area contributed by atoms with Gasteiger partial charge in [0.25, 0.3) is 0 Å². The monoisotopic (exact) mass is 320 g/mol. The number of rotatable bonds is 7. The second-order valence-corrected chi connectivity index (χ2v) is 6.01. The molecule has 6 nitrogen and oxygen atoms in total. The molecule has 0 aliphatic heterocycles. The molecule has 0 aliphatic carbocycles. The lowest BCUT2D eigenvalue weighted by molar-refractivity contribution is -0.114. The van der Waals surface area contributed by atoms with Gasteiger partial charge in [0, 0.05) is 6.42 Å². The van der Waals surface area contributed by atoms with E-state index in [2.05, 4.69) is 35.4 Å². The minimum absolute atomic E-state index is 0.0568. The number of carbonyl (C=O) groups excluding carboxylic acids is 1. The number of benzene rings is 1. The predicted molar refractivity (Wildman–Crippen MR) is 87.3 cm³/mol. The van der Waals surface area contributed by atoms with Crippen molar-refractivity contribution >= 4 is 22.4 Å². The van der Waals surface area contributed by atoms with Crippen molar-refractivity contribution in [3.05, 3.63) is 34.3 Å². The molecule has 0 spiro atoms. The van der Waals surface area contributed by atoms with Crippen LogP contribution in [0.1, 0.15) is 22.6 Å². The molecule has 0 aliphatic rings. The number of anilines is 1. The number of nitrogens with one attached hydrogen (secondary N) is 1. The lowest BCUT2D eigenvalue weighted by atomic mass is 10.1. The summed E-state index contributed by atoms with van der Waals surface area (Å²) in [4.78, 5) is 11.1. The van der Waals surface area contributed by atoms with Crippen molar-refractivity contribution < 1.29 is 9.53 Å². The zero-order valence-electron chi connectivity index (χ0n) is 12.8. The summed E-state index contributed by atoms with van der Waals surface area (Å²) in [6, 6.07) is 6.08. The smallest absolute Gasteiger partial charge is 0.239 e. The van der Waals surface area contributed by atoms with Crippen LogP contribution >= 0.6 is 11.3 Å². The summed E-state index contributed by atoms with van der Waals surface area (Å²) in [5.41, 5.74) is 7.71. The van der Waals surface area contributed by atoms with Crippen LogP contribution in [0.2, 0.25) is 0 Å². The van der Waals surface area contributed by atoms with E-state index < -0.39 is 0 Å². The van der Waals surface area contributed by atoms with E-state index in [0.29, 0.717) is 11.7 Å². The number of amides is 1. The summed E-state index contributed by atoms with van der Waals surface area (Å²) >= 11 is 1.36. The first-order valence-electron chi connectivity index (χ1n) is 7.11. The van der Waals surface area contributed by atoms with Crippen LogP contribution in [0, 0.1) is 13.8 Å². The topological polar surface area (TPSA) is 90.1 Å². The molecule has 1 amide bonds. The van der Waals surface area contributed by atoms with Crippen LogP contribution in [0.5, 0.6) is 5.75 Å². The van der Waals surface area contributed by atoms with Crippen LogP contribution < -0.4 is 15.8 Å². The van der Waals surface area contributed by atoms with Crippen molar-refractivity contribution in [3.8, 4) is 5.75 Å². The molecule has 0 fully saturated rings. The summed E-state index contributed by atoms with van der Waals surface area (Å²) in [5, 5.41) is 11.9. The Kier molecular flexibility index (Phi) is 5.85. The molecule has 118 valence electrons. The SMILES string of the molecule is Cc1ccc(OCCCc2nnc(NC(=O)CN)s2)cc1C. The van der Waals surface area contributed by atoms with E-state index in [1.807, 2.05) is 12.1 Å². The van der Waals surface area contributed by atoms with Gasteiger partial charge in [-0.25, -0.2) is 0 Å². The van der Waals surface area contributed by atoms with Crippen LogP contribution in [0.15, 0.2) is 18.2 Å². The minimum Gasteiger partial charge on any atom is -0.494 e. The molecule has 0 saturated heterocycles. The number of nitrogens with two attached hydrogens (primary N) is 1. The van der Waals surface area contributed by atoms with Crippen LogP contribution in [0.4, 0.5) is 5.13 Å². The molecule has 0 radical (unpaired) electrons. The van der Waals surface area contributed by atoms with Crippen LogP contribution in [0.3, 0.4) is 0 Å². The van der Waals surface area contributed by atoms with Crippen molar-refractivity contribution in [1.82, 2.24) is 10.2 Å². The van der Waals surface area contributed by atoms with E-state index in [1.165, 1.54) is 22.5 Å². The quantitative estimate of drug-likeness (QED) is 0.762. The molecule has 22 heavy (non-hydrogen) atoms. The lowest BCUT2D eigenvalue weighted by Crippen LogP contribution is -2.21. The van der Waals surface area contributed by atoms with Gasteiger partial charge < -0.3 is 10.5 Å². The largest absolute Gasteiger partial charge is 0.494 e. The van der Waals surface area contributed by atoms with E-state index in [9.17, 15) is 4.79 Å². The van der Waals surface area contributed by atoms with Crippen LogP contribution in [-0.2, 0) is 11.2 Å². The Bertz CT molecular complexity index is 642. The number of aryl methyl sites for hydroxylation is 3. The number of hydrogen-bond acceptors (Lipinski definition) is 6. The molecule has 0 atom stereocenters. The van der Waals surface area contributed by atoms with Crippen molar-refractivity contribution in [2.45, 2.75) is 26.7 Å². The van der Waals surface area contributed by atoms with Crippen molar-refractivity contribution in [2.24, 2.45) is 5.73 Å². The molecule has 3 N–H and O–H groups in total. The fraction of sp³-hybridized carbons (Fsp3) is 0.400. The zero-order chi connectivity index (χ0) is 15.9. The Hall–Kier alpha value is -1.99. The number of aromatic nitrogens is 2. The third kappa shape index (κ3) is 4.78. The van der Waals surface area contributed by atoms with Gasteiger partial charge in [-0.15, -0.1) is 10.2 Å². The summed E-state index contributed by atoms with van der Waals surface area (Å²) < 4.78 is 5.72. The molecular formula is C15H20N4O2S. The molecule has 0 unspecified atom stereocenters. The van der Waals surface area contributed by atoms with Crippen molar-refractivity contribution in [2.75, 3.05) is 18.5 Å². The van der Waals surface area contributed by atoms with Crippen LogP contribution in [0.25, 0.3) is 0 Å². The number of carbonyl (C=O) groups is 1. The average Bonchev–Trinajstić information content (AvgIpc) is 2.94. The Balaban J connectivity index is 1.74. The van der Waals surface area contributed by atoms with Gasteiger partial charge in [-0.1, -0.05) is 17.4 Å². The summed E-state index contributed by atoms with van der Waals surface area (Å²) in [6.07, 6.45) is 1.60. The van der Waals surface area contributed by atoms with Gasteiger partial charge >= 0.3 is 0 Å². The maximum Gasteiger partial charge on any atom is 0.239 e.